The fourth-order valence-electron chi connectivity index (χ4n) is 2.14. The second kappa shape index (κ2) is 5.26. The first kappa shape index (κ1) is 12.0. The minimum absolute atomic E-state index is 0.282. The highest BCUT2D eigenvalue weighted by molar-refractivity contribution is 5.32. The molecular weight excluding hydrogens is 217 g/mol. The zero-order chi connectivity index (χ0) is 12.3. The SMILES string of the molecule is C[C@H]1CN(Cc2ccc(C#N)cc2F)CCN1. The molecule has 1 aromatic carbocycles. The standard InChI is InChI=1S/C13H16FN3/c1-10-8-17(5-4-16-10)9-12-3-2-11(7-15)6-13(12)14/h2-3,6,10,16H,4-5,8-9H2,1H3/t10-/m0/s1. The second-order valence-electron chi connectivity index (χ2n) is 4.51. The Morgan fingerprint density at radius 1 is 1.59 bits per heavy atom. The molecule has 4 heteroatoms. The van der Waals surface area contributed by atoms with Crippen molar-refractivity contribution in [2.24, 2.45) is 0 Å². The lowest BCUT2D eigenvalue weighted by Crippen LogP contribution is -2.48. The van der Waals surface area contributed by atoms with E-state index in [-0.39, 0.29) is 5.82 Å². The first-order valence-corrected chi connectivity index (χ1v) is 5.83. The fraction of sp³-hybridized carbons (Fsp3) is 0.462. The Hall–Kier alpha value is -1.44. The van der Waals surface area contributed by atoms with Crippen LogP contribution in [0.2, 0.25) is 0 Å². The predicted octanol–water partition coefficient (Wildman–Crippen LogP) is 1.49. The molecule has 0 amide bonds. The summed E-state index contributed by atoms with van der Waals surface area (Å²) in [6.07, 6.45) is 0. The van der Waals surface area contributed by atoms with Crippen molar-refractivity contribution < 1.29 is 4.39 Å². The molecule has 1 aliphatic rings. The average Bonchev–Trinajstić information content (AvgIpc) is 2.32. The summed E-state index contributed by atoms with van der Waals surface area (Å²) in [5.74, 6) is -0.282. The molecule has 0 aromatic heterocycles. The van der Waals surface area contributed by atoms with Gasteiger partial charge in [0.2, 0.25) is 0 Å². The number of nitrogens with zero attached hydrogens (tertiary/aromatic N) is 2. The number of piperazine rings is 1. The zero-order valence-electron chi connectivity index (χ0n) is 9.91. The van der Waals surface area contributed by atoms with Crippen molar-refractivity contribution in [3.8, 4) is 6.07 Å². The lowest BCUT2D eigenvalue weighted by atomic mass is 10.1. The molecular formula is C13H16FN3. The molecule has 90 valence electrons. The van der Waals surface area contributed by atoms with Crippen molar-refractivity contribution in [2.45, 2.75) is 19.5 Å². The maximum Gasteiger partial charge on any atom is 0.129 e. The summed E-state index contributed by atoms with van der Waals surface area (Å²) in [6, 6.07) is 7.08. The van der Waals surface area contributed by atoms with E-state index in [9.17, 15) is 4.39 Å². The van der Waals surface area contributed by atoms with E-state index in [0.29, 0.717) is 23.7 Å². The molecule has 1 N–H and O–H groups in total. The largest absolute Gasteiger partial charge is 0.312 e. The summed E-state index contributed by atoms with van der Waals surface area (Å²) in [4.78, 5) is 2.23. The number of hydrogen-bond donors (Lipinski definition) is 1. The number of rotatable bonds is 2. The van der Waals surface area contributed by atoms with Gasteiger partial charge in [-0.15, -0.1) is 0 Å². The van der Waals surface area contributed by atoms with E-state index >= 15 is 0 Å². The molecule has 0 saturated carbocycles. The van der Waals surface area contributed by atoms with Crippen LogP contribution in [0.15, 0.2) is 18.2 Å². The monoisotopic (exact) mass is 233 g/mol. The zero-order valence-corrected chi connectivity index (χ0v) is 9.91. The Morgan fingerprint density at radius 2 is 2.41 bits per heavy atom. The van der Waals surface area contributed by atoms with E-state index < -0.39 is 0 Å². The van der Waals surface area contributed by atoms with Crippen LogP contribution < -0.4 is 5.32 Å². The van der Waals surface area contributed by atoms with Crippen LogP contribution in [0, 0.1) is 17.1 Å². The molecule has 0 aliphatic carbocycles. The summed E-state index contributed by atoms with van der Waals surface area (Å²) in [5.41, 5.74) is 1.04. The van der Waals surface area contributed by atoms with Crippen LogP contribution in [0.25, 0.3) is 0 Å². The molecule has 0 spiro atoms. The second-order valence-corrected chi connectivity index (χ2v) is 4.51. The highest BCUT2D eigenvalue weighted by Gasteiger charge is 2.16. The molecule has 1 saturated heterocycles. The van der Waals surface area contributed by atoms with Gasteiger partial charge in [0.25, 0.3) is 0 Å². The van der Waals surface area contributed by atoms with Crippen LogP contribution in [-0.2, 0) is 6.54 Å². The lowest BCUT2D eigenvalue weighted by Gasteiger charge is -2.31. The molecule has 1 aromatic rings. The molecule has 1 aliphatic heterocycles. The summed E-state index contributed by atoms with van der Waals surface area (Å²) < 4.78 is 13.7. The number of halogens is 1. The molecule has 17 heavy (non-hydrogen) atoms. The number of nitrogens with one attached hydrogen (secondary N) is 1. The Balaban J connectivity index is 2.06. The molecule has 1 fully saturated rings. The Bertz CT molecular complexity index is 439. The molecule has 0 bridgehead atoms. The van der Waals surface area contributed by atoms with E-state index in [0.717, 1.165) is 19.6 Å². The van der Waals surface area contributed by atoms with E-state index in [1.807, 2.05) is 6.07 Å². The van der Waals surface area contributed by atoms with Gasteiger partial charge < -0.3 is 5.32 Å². The molecule has 3 nitrogen and oxygen atoms in total. The average molecular weight is 233 g/mol. The molecule has 1 atom stereocenters. The molecule has 1 heterocycles. The number of nitriles is 1. The van der Waals surface area contributed by atoms with Gasteiger partial charge in [-0.3, -0.25) is 4.90 Å². The van der Waals surface area contributed by atoms with Gasteiger partial charge in [-0.25, -0.2) is 4.39 Å². The first-order chi connectivity index (χ1) is 8.19. The molecule has 0 radical (unpaired) electrons. The van der Waals surface area contributed by atoms with Crippen LogP contribution in [0.4, 0.5) is 4.39 Å². The third kappa shape index (κ3) is 3.02. The normalized spacial score (nSPS) is 21.1. The van der Waals surface area contributed by atoms with Crippen molar-refractivity contribution in [1.82, 2.24) is 10.2 Å². The van der Waals surface area contributed by atoms with E-state index in [2.05, 4.69) is 17.1 Å². The minimum atomic E-state index is -0.282. The smallest absolute Gasteiger partial charge is 0.129 e. The summed E-state index contributed by atoms with van der Waals surface area (Å²) in [6.45, 7) is 5.55. The van der Waals surface area contributed by atoms with Crippen molar-refractivity contribution in [3.05, 3.63) is 35.1 Å². The van der Waals surface area contributed by atoms with Gasteiger partial charge >= 0.3 is 0 Å². The van der Waals surface area contributed by atoms with Crippen LogP contribution in [0.3, 0.4) is 0 Å². The fourth-order valence-corrected chi connectivity index (χ4v) is 2.14. The highest BCUT2D eigenvalue weighted by atomic mass is 19.1. The molecule has 2 rings (SSSR count). The van der Waals surface area contributed by atoms with Crippen molar-refractivity contribution in [2.75, 3.05) is 19.6 Å². The van der Waals surface area contributed by atoms with Crippen molar-refractivity contribution >= 4 is 0 Å². The van der Waals surface area contributed by atoms with Gasteiger partial charge in [0.05, 0.1) is 11.6 Å². The van der Waals surface area contributed by atoms with Crippen LogP contribution in [-0.4, -0.2) is 30.6 Å². The van der Waals surface area contributed by atoms with Crippen LogP contribution in [0.5, 0.6) is 0 Å². The predicted molar refractivity (Wildman–Crippen MR) is 63.9 cm³/mol. The van der Waals surface area contributed by atoms with Gasteiger partial charge in [0, 0.05) is 37.8 Å². The van der Waals surface area contributed by atoms with E-state index in [4.69, 9.17) is 5.26 Å². The van der Waals surface area contributed by atoms with Gasteiger partial charge in [0.1, 0.15) is 5.82 Å². The van der Waals surface area contributed by atoms with Gasteiger partial charge in [0.15, 0.2) is 0 Å². The van der Waals surface area contributed by atoms with Crippen LogP contribution in [0.1, 0.15) is 18.1 Å². The third-order valence-corrected chi connectivity index (χ3v) is 3.03. The van der Waals surface area contributed by atoms with Crippen molar-refractivity contribution in [3.63, 3.8) is 0 Å². The van der Waals surface area contributed by atoms with Gasteiger partial charge in [-0.1, -0.05) is 6.07 Å². The molecule has 0 unspecified atom stereocenters. The third-order valence-electron chi connectivity index (χ3n) is 3.03. The quantitative estimate of drug-likeness (QED) is 0.841. The summed E-state index contributed by atoms with van der Waals surface area (Å²) >= 11 is 0. The highest BCUT2D eigenvalue weighted by Crippen LogP contribution is 2.13. The Kier molecular flexibility index (Phi) is 3.72. The van der Waals surface area contributed by atoms with Gasteiger partial charge in [-0.2, -0.15) is 5.26 Å². The topological polar surface area (TPSA) is 39.1 Å². The van der Waals surface area contributed by atoms with Crippen LogP contribution >= 0.6 is 0 Å². The number of hydrogen-bond acceptors (Lipinski definition) is 3. The Labute approximate surface area is 101 Å². The summed E-state index contributed by atoms with van der Waals surface area (Å²) in [5, 5.41) is 12.0. The maximum absolute atomic E-state index is 13.7. The number of benzene rings is 1. The van der Waals surface area contributed by atoms with Crippen molar-refractivity contribution in [1.29, 1.82) is 5.26 Å². The van der Waals surface area contributed by atoms with Gasteiger partial charge in [-0.05, 0) is 19.1 Å². The minimum Gasteiger partial charge on any atom is -0.312 e. The van der Waals surface area contributed by atoms with E-state index in [1.165, 1.54) is 6.07 Å². The maximum atomic E-state index is 13.7. The first-order valence-electron chi connectivity index (χ1n) is 5.83. The summed E-state index contributed by atoms with van der Waals surface area (Å²) in [7, 11) is 0. The van der Waals surface area contributed by atoms with E-state index in [1.54, 1.807) is 12.1 Å². The lowest BCUT2D eigenvalue weighted by molar-refractivity contribution is 0.197. The Morgan fingerprint density at radius 3 is 3.06 bits per heavy atom.